The Morgan fingerprint density at radius 2 is 2.08 bits per heavy atom. The summed E-state index contributed by atoms with van der Waals surface area (Å²) in [5.41, 5.74) is 1.12. The molecule has 6 nitrogen and oxygen atoms in total. The van der Waals surface area contributed by atoms with Crippen molar-refractivity contribution in [3.63, 3.8) is 0 Å². The van der Waals surface area contributed by atoms with Gasteiger partial charge in [-0.2, -0.15) is 15.4 Å². The number of H-pyrrole nitrogens is 1. The third-order valence-corrected chi connectivity index (χ3v) is 5.67. The second-order valence-electron chi connectivity index (χ2n) is 7.02. The van der Waals surface area contributed by atoms with Crippen LogP contribution in [0.5, 0.6) is 0 Å². The van der Waals surface area contributed by atoms with E-state index in [0.29, 0.717) is 30.4 Å². The van der Waals surface area contributed by atoms with Gasteiger partial charge in [-0.15, -0.1) is 0 Å². The van der Waals surface area contributed by atoms with Crippen molar-refractivity contribution < 1.29 is 9.90 Å². The zero-order valence-corrected chi connectivity index (χ0v) is 13.8. The van der Waals surface area contributed by atoms with Gasteiger partial charge in [-0.25, -0.2) is 0 Å². The van der Waals surface area contributed by atoms with Crippen LogP contribution in [0.25, 0.3) is 0 Å². The van der Waals surface area contributed by atoms with E-state index in [1.54, 1.807) is 6.92 Å². The van der Waals surface area contributed by atoms with Gasteiger partial charge < -0.3 is 10.0 Å². The molecule has 1 aromatic heterocycles. The number of fused-ring (bicyclic) bond motifs is 1. The van der Waals surface area contributed by atoms with E-state index >= 15 is 0 Å². The molecule has 2 fully saturated rings. The number of aromatic nitrogens is 3. The standard InChI is InChI=1S/C18H22N4O2/c1-12-16(20-21-19-12)17(23)22-10-13-6-5-9-18(24,15(13)11-22)14-7-3-2-4-8-14/h2-4,7-8,13,15,24H,5-6,9-11H2,1H3,(H,19,20,21)/t13-,15+,18+/m1/s1. The summed E-state index contributed by atoms with van der Waals surface area (Å²) >= 11 is 0. The first-order valence-electron chi connectivity index (χ1n) is 8.54. The molecule has 0 spiro atoms. The smallest absolute Gasteiger partial charge is 0.276 e. The summed E-state index contributed by atoms with van der Waals surface area (Å²) in [6.45, 7) is 3.03. The topological polar surface area (TPSA) is 82.1 Å². The minimum absolute atomic E-state index is 0.0739. The van der Waals surface area contributed by atoms with Gasteiger partial charge in [-0.3, -0.25) is 4.79 Å². The van der Waals surface area contributed by atoms with E-state index in [1.807, 2.05) is 35.2 Å². The number of carbonyl (C=O) groups is 1. The Bertz CT molecular complexity index is 744. The molecule has 126 valence electrons. The van der Waals surface area contributed by atoms with Gasteiger partial charge in [0.25, 0.3) is 5.91 Å². The molecule has 2 N–H and O–H groups in total. The van der Waals surface area contributed by atoms with Crippen LogP contribution in [-0.4, -0.2) is 44.4 Å². The van der Waals surface area contributed by atoms with Crippen LogP contribution in [0.1, 0.15) is 41.0 Å². The quantitative estimate of drug-likeness (QED) is 0.883. The van der Waals surface area contributed by atoms with E-state index in [2.05, 4.69) is 15.4 Å². The molecule has 1 amide bonds. The normalized spacial score (nSPS) is 29.5. The largest absolute Gasteiger partial charge is 0.385 e. The van der Waals surface area contributed by atoms with Crippen molar-refractivity contribution in [3.05, 3.63) is 47.3 Å². The summed E-state index contributed by atoms with van der Waals surface area (Å²) in [5, 5.41) is 21.9. The zero-order valence-electron chi connectivity index (χ0n) is 13.8. The average molecular weight is 326 g/mol. The van der Waals surface area contributed by atoms with Crippen molar-refractivity contribution >= 4 is 5.91 Å². The lowest BCUT2D eigenvalue weighted by Crippen LogP contribution is -2.43. The number of nitrogens with one attached hydrogen (secondary N) is 1. The Morgan fingerprint density at radius 1 is 1.29 bits per heavy atom. The van der Waals surface area contributed by atoms with Gasteiger partial charge in [0.15, 0.2) is 5.69 Å². The maximum atomic E-state index is 12.7. The summed E-state index contributed by atoms with van der Waals surface area (Å²) in [6.07, 6.45) is 2.79. The van der Waals surface area contributed by atoms with E-state index in [1.165, 1.54) is 0 Å². The van der Waals surface area contributed by atoms with Crippen molar-refractivity contribution in [2.45, 2.75) is 31.8 Å². The number of nitrogens with zero attached hydrogens (tertiary/aromatic N) is 3. The fraction of sp³-hybridized carbons (Fsp3) is 0.500. The van der Waals surface area contributed by atoms with E-state index in [9.17, 15) is 9.90 Å². The first kappa shape index (κ1) is 15.3. The molecule has 1 aliphatic heterocycles. The van der Waals surface area contributed by atoms with Crippen molar-refractivity contribution in [1.82, 2.24) is 20.3 Å². The summed E-state index contributed by atoms with van der Waals surface area (Å²) in [6, 6.07) is 9.88. The van der Waals surface area contributed by atoms with Crippen LogP contribution >= 0.6 is 0 Å². The molecular weight excluding hydrogens is 304 g/mol. The number of carbonyl (C=O) groups excluding carboxylic acids is 1. The Kier molecular flexibility index (Phi) is 3.64. The van der Waals surface area contributed by atoms with Crippen molar-refractivity contribution in [2.75, 3.05) is 13.1 Å². The Morgan fingerprint density at radius 3 is 2.79 bits per heavy atom. The molecule has 0 unspecified atom stereocenters. The van der Waals surface area contributed by atoms with E-state index in [0.717, 1.165) is 24.8 Å². The van der Waals surface area contributed by atoms with Crippen LogP contribution in [-0.2, 0) is 5.60 Å². The molecule has 24 heavy (non-hydrogen) atoms. The summed E-state index contributed by atoms with van der Waals surface area (Å²) in [4.78, 5) is 14.6. The zero-order chi connectivity index (χ0) is 16.7. The first-order chi connectivity index (χ1) is 11.6. The minimum Gasteiger partial charge on any atom is -0.385 e. The van der Waals surface area contributed by atoms with Crippen LogP contribution < -0.4 is 0 Å². The van der Waals surface area contributed by atoms with Crippen LogP contribution in [0, 0.1) is 18.8 Å². The third-order valence-electron chi connectivity index (χ3n) is 5.67. The molecule has 4 rings (SSSR count). The van der Waals surface area contributed by atoms with Gasteiger partial charge in [0.2, 0.25) is 0 Å². The van der Waals surface area contributed by atoms with Gasteiger partial charge in [0, 0.05) is 19.0 Å². The average Bonchev–Trinajstić information content (AvgIpc) is 3.22. The molecule has 1 saturated carbocycles. The van der Waals surface area contributed by atoms with Crippen molar-refractivity contribution in [2.24, 2.45) is 11.8 Å². The maximum absolute atomic E-state index is 12.7. The van der Waals surface area contributed by atoms with E-state index < -0.39 is 5.60 Å². The fourth-order valence-corrected chi connectivity index (χ4v) is 4.41. The lowest BCUT2D eigenvalue weighted by Gasteiger charge is -2.41. The molecule has 3 atom stereocenters. The van der Waals surface area contributed by atoms with E-state index in [-0.39, 0.29) is 11.8 Å². The highest BCUT2D eigenvalue weighted by atomic mass is 16.3. The number of rotatable bonds is 2. The lowest BCUT2D eigenvalue weighted by atomic mass is 9.67. The van der Waals surface area contributed by atoms with Crippen LogP contribution in [0.2, 0.25) is 0 Å². The molecule has 2 heterocycles. The molecule has 6 heteroatoms. The number of aliphatic hydroxyl groups is 1. The minimum atomic E-state index is -0.849. The Hall–Kier alpha value is -2.21. The monoisotopic (exact) mass is 326 g/mol. The second-order valence-corrected chi connectivity index (χ2v) is 7.02. The number of likely N-dealkylation sites (tertiary alicyclic amines) is 1. The number of hydrogen-bond acceptors (Lipinski definition) is 4. The highest BCUT2D eigenvalue weighted by Gasteiger charge is 2.50. The molecule has 1 saturated heterocycles. The number of aryl methyl sites for hydroxylation is 1. The van der Waals surface area contributed by atoms with Crippen LogP contribution in [0.4, 0.5) is 0 Å². The van der Waals surface area contributed by atoms with Gasteiger partial charge in [-0.1, -0.05) is 30.3 Å². The van der Waals surface area contributed by atoms with E-state index in [4.69, 9.17) is 0 Å². The number of amides is 1. The number of benzene rings is 1. The molecule has 2 aromatic rings. The van der Waals surface area contributed by atoms with Gasteiger partial charge in [-0.05, 0) is 37.7 Å². The molecule has 1 aromatic carbocycles. The molecular formula is C18H22N4O2. The highest BCUT2D eigenvalue weighted by Crippen LogP contribution is 2.48. The highest BCUT2D eigenvalue weighted by molar-refractivity contribution is 5.93. The second kappa shape index (κ2) is 5.70. The van der Waals surface area contributed by atoms with Crippen molar-refractivity contribution in [1.29, 1.82) is 0 Å². The summed E-state index contributed by atoms with van der Waals surface area (Å²) in [5.74, 6) is 0.316. The SMILES string of the molecule is Cc1n[nH]nc1C(=O)N1C[C@H]2CCC[C@](O)(c3ccccc3)[C@H]2C1. The molecule has 0 bridgehead atoms. The van der Waals surface area contributed by atoms with Crippen LogP contribution in [0.15, 0.2) is 30.3 Å². The Balaban J connectivity index is 1.61. The van der Waals surface area contributed by atoms with Crippen LogP contribution in [0.3, 0.4) is 0 Å². The number of hydrogen-bond donors (Lipinski definition) is 2. The molecule has 1 aliphatic carbocycles. The Labute approximate surface area is 140 Å². The number of aromatic amines is 1. The van der Waals surface area contributed by atoms with Gasteiger partial charge in [0.05, 0.1) is 11.3 Å². The fourth-order valence-electron chi connectivity index (χ4n) is 4.41. The van der Waals surface area contributed by atoms with Gasteiger partial charge in [0.1, 0.15) is 0 Å². The third kappa shape index (κ3) is 2.33. The predicted molar refractivity (Wildman–Crippen MR) is 88.2 cm³/mol. The first-order valence-corrected chi connectivity index (χ1v) is 8.54. The lowest BCUT2D eigenvalue weighted by molar-refractivity contribution is -0.0644. The summed E-state index contributed by atoms with van der Waals surface area (Å²) < 4.78 is 0. The molecule has 0 radical (unpaired) electrons. The van der Waals surface area contributed by atoms with Crippen molar-refractivity contribution in [3.8, 4) is 0 Å². The summed E-state index contributed by atoms with van der Waals surface area (Å²) in [7, 11) is 0. The molecule has 2 aliphatic rings. The van der Waals surface area contributed by atoms with Gasteiger partial charge >= 0.3 is 0 Å². The maximum Gasteiger partial charge on any atom is 0.276 e. The predicted octanol–water partition coefficient (Wildman–Crippen LogP) is 1.87.